The molecule has 0 aliphatic heterocycles. The first-order valence-corrected chi connectivity index (χ1v) is 5.71. The van der Waals surface area contributed by atoms with Gasteiger partial charge in [0.25, 0.3) is 0 Å². The molecular formula is C12H27NO. The third-order valence-electron chi connectivity index (χ3n) is 2.12. The van der Waals surface area contributed by atoms with Crippen LogP contribution in [0.25, 0.3) is 0 Å². The normalized spacial score (nSPS) is 12.9. The second kappa shape index (κ2) is 6.41. The van der Waals surface area contributed by atoms with E-state index in [4.69, 9.17) is 4.74 Å². The number of hydrogen-bond acceptors (Lipinski definition) is 2. The molecule has 0 amide bonds. The molecule has 14 heavy (non-hydrogen) atoms. The van der Waals surface area contributed by atoms with Crippen molar-refractivity contribution in [2.75, 3.05) is 13.2 Å². The summed E-state index contributed by atoms with van der Waals surface area (Å²) in [4.78, 5) is 0. The minimum absolute atomic E-state index is 0.0425. The zero-order valence-electron chi connectivity index (χ0n) is 10.7. The van der Waals surface area contributed by atoms with Crippen molar-refractivity contribution in [1.29, 1.82) is 0 Å². The molecule has 2 heteroatoms. The van der Waals surface area contributed by atoms with Crippen LogP contribution in [0.1, 0.15) is 48.0 Å². The molecule has 0 saturated carbocycles. The van der Waals surface area contributed by atoms with Crippen LogP contribution in [0.4, 0.5) is 0 Å². The summed E-state index contributed by atoms with van der Waals surface area (Å²) in [5.74, 6) is 0.726. The highest BCUT2D eigenvalue weighted by atomic mass is 16.5. The van der Waals surface area contributed by atoms with Crippen molar-refractivity contribution in [2.24, 2.45) is 5.92 Å². The van der Waals surface area contributed by atoms with Gasteiger partial charge in [-0.15, -0.1) is 0 Å². The van der Waals surface area contributed by atoms with Crippen molar-refractivity contribution in [3.05, 3.63) is 0 Å². The molecule has 0 bridgehead atoms. The molecule has 0 aliphatic carbocycles. The van der Waals surface area contributed by atoms with Gasteiger partial charge >= 0.3 is 0 Å². The van der Waals surface area contributed by atoms with Crippen molar-refractivity contribution in [1.82, 2.24) is 5.32 Å². The fraction of sp³-hybridized carbons (Fsp3) is 1.00. The third kappa shape index (κ3) is 8.52. The van der Waals surface area contributed by atoms with Gasteiger partial charge in [-0.05, 0) is 26.2 Å². The molecule has 86 valence electrons. The van der Waals surface area contributed by atoms with Crippen molar-refractivity contribution in [3.63, 3.8) is 0 Å². The monoisotopic (exact) mass is 201 g/mol. The van der Waals surface area contributed by atoms with E-state index in [1.807, 2.05) is 0 Å². The lowest BCUT2D eigenvalue weighted by atomic mass is 10.1. The molecule has 0 atom stereocenters. The fourth-order valence-electron chi connectivity index (χ4n) is 1.07. The van der Waals surface area contributed by atoms with Crippen LogP contribution >= 0.6 is 0 Å². The van der Waals surface area contributed by atoms with Crippen molar-refractivity contribution in [3.8, 4) is 0 Å². The largest absolute Gasteiger partial charge is 0.374 e. The number of ether oxygens (including phenoxy) is 1. The molecule has 2 nitrogen and oxygen atoms in total. The Morgan fingerprint density at radius 1 is 1.14 bits per heavy atom. The lowest BCUT2D eigenvalue weighted by Gasteiger charge is -2.27. The van der Waals surface area contributed by atoms with Gasteiger partial charge in [0.2, 0.25) is 0 Å². The minimum atomic E-state index is -0.0425. The highest BCUT2D eigenvalue weighted by Crippen LogP contribution is 2.10. The Kier molecular flexibility index (Phi) is 6.38. The van der Waals surface area contributed by atoms with E-state index in [0.717, 1.165) is 25.5 Å². The maximum atomic E-state index is 5.83. The lowest BCUT2D eigenvalue weighted by molar-refractivity contribution is -0.0218. The second-order valence-electron chi connectivity index (χ2n) is 5.33. The van der Waals surface area contributed by atoms with E-state index in [1.54, 1.807) is 0 Å². The lowest BCUT2D eigenvalue weighted by Crippen LogP contribution is -2.40. The van der Waals surface area contributed by atoms with Gasteiger partial charge in [0.05, 0.1) is 5.60 Å². The molecule has 0 saturated heterocycles. The van der Waals surface area contributed by atoms with Crippen LogP contribution in [0.15, 0.2) is 0 Å². The SMILES string of the molecule is CC(C)CCOC(C)(C)CNC(C)C. The van der Waals surface area contributed by atoms with Crippen molar-refractivity contribution < 1.29 is 4.74 Å². The van der Waals surface area contributed by atoms with Crippen LogP contribution < -0.4 is 5.32 Å². The Morgan fingerprint density at radius 3 is 2.14 bits per heavy atom. The predicted octanol–water partition coefficient (Wildman–Crippen LogP) is 2.83. The molecular weight excluding hydrogens is 174 g/mol. The average Bonchev–Trinajstić information content (AvgIpc) is 2.00. The highest BCUT2D eigenvalue weighted by Gasteiger charge is 2.18. The summed E-state index contributed by atoms with van der Waals surface area (Å²) in [6, 6.07) is 0.531. The summed E-state index contributed by atoms with van der Waals surface area (Å²) in [5.41, 5.74) is -0.0425. The Hall–Kier alpha value is -0.0800. The average molecular weight is 201 g/mol. The maximum absolute atomic E-state index is 5.83. The molecule has 0 heterocycles. The summed E-state index contributed by atoms with van der Waals surface area (Å²) < 4.78 is 5.83. The van der Waals surface area contributed by atoms with Gasteiger partial charge in [0, 0.05) is 19.2 Å². The second-order valence-corrected chi connectivity index (χ2v) is 5.33. The van der Waals surface area contributed by atoms with Gasteiger partial charge in [-0.1, -0.05) is 27.7 Å². The van der Waals surface area contributed by atoms with Crippen molar-refractivity contribution >= 4 is 0 Å². The maximum Gasteiger partial charge on any atom is 0.0750 e. The smallest absolute Gasteiger partial charge is 0.0750 e. The Balaban J connectivity index is 3.61. The highest BCUT2D eigenvalue weighted by molar-refractivity contribution is 4.73. The van der Waals surface area contributed by atoms with Crippen LogP contribution in [-0.4, -0.2) is 24.8 Å². The standard InChI is InChI=1S/C12H27NO/c1-10(2)7-8-14-12(5,6)9-13-11(3)4/h10-11,13H,7-9H2,1-6H3. The fourth-order valence-corrected chi connectivity index (χ4v) is 1.07. The van der Waals surface area contributed by atoms with E-state index >= 15 is 0 Å². The van der Waals surface area contributed by atoms with E-state index in [2.05, 4.69) is 46.9 Å². The predicted molar refractivity (Wildman–Crippen MR) is 62.6 cm³/mol. The molecule has 0 rings (SSSR count). The first kappa shape index (κ1) is 13.9. The molecule has 0 unspecified atom stereocenters. The topological polar surface area (TPSA) is 21.3 Å². The van der Waals surface area contributed by atoms with Crippen LogP contribution in [0, 0.1) is 5.92 Å². The summed E-state index contributed by atoms with van der Waals surface area (Å²) in [6.45, 7) is 14.8. The summed E-state index contributed by atoms with van der Waals surface area (Å²) in [6.07, 6.45) is 1.14. The number of nitrogens with one attached hydrogen (secondary N) is 1. The first-order chi connectivity index (χ1) is 6.33. The van der Waals surface area contributed by atoms with E-state index in [1.165, 1.54) is 0 Å². The van der Waals surface area contributed by atoms with Gasteiger partial charge in [-0.25, -0.2) is 0 Å². The van der Waals surface area contributed by atoms with E-state index in [9.17, 15) is 0 Å². The van der Waals surface area contributed by atoms with Gasteiger partial charge in [0.15, 0.2) is 0 Å². The first-order valence-electron chi connectivity index (χ1n) is 5.71. The zero-order valence-corrected chi connectivity index (χ0v) is 10.7. The Labute approximate surface area is 89.4 Å². The molecule has 0 radical (unpaired) electrons. The van der Waals surface area contributed by atoms with Crippen LogP contribution in [0.5, 0.6) is 0 Å². The van der Waals surface area contributed by atoms with Gasteiger partial charge < -0.3 is 10.1 Å². The van der Waals surface area contributed by atoms with Crippen molar-refractivity contribution in [2.45, 2.75) is 59.6 Å². The molecule has 0 aromatic heterocycles. The van der Waals surface area contributed by atoms with Crippen LogP contribution in [-0.2, 0) is 4.74 Å². The van der Waals surface area contributed by atoms with Gasteiger partial charge in [0.1, 0.15) is 0 Å². The molecule has 0 aromatic rings. The zero-order chi connectivity index (χ0) is 11.2. The Morgan fingerprint density at radius 2 is 1.71 bits per heavy atom. The molecule has 0 aromatic carbocycles. The number of hydrogen-bond donors (Lipinski definition) is 1. The van der Waals surface area contributed by atoms with Crippen LogP contribution in [0.2, 0.25) is 0 Å². The van der Waals surface area contributed by atoms with E-state index in [-0.39, 0.29) is 5.60 Å². The van der Waals surface area contributed by atoms with Gasteiger partial charge in [-0.3, -0.25) is 0 Å². The van der Waals surface area contributed by atoms with Gasteiger partial charge in [-0.2, -0.15) is 0 Å². The van der Waals surface area contributed by atoms with Crippen LogP contribution in [0.3, 0.4) is 0 Å². The summed E-state index contributed by atoms with van der Waals surface area (Å²) in [5, 5.41) is 3.40. The third-order valence-corrected chi connectivity index (χ3v) is 2.12. The summed E-state index contributed by atoms with van der Waals surface area (Å²) >= 11 is 0. The minimum Gasteiger partial charge on any atom is -0.374 e. The number of rotatable bonds is 7. The molecule has 0 fully saturated rings. The Bertz CT molecular complexity index is 141. The molecule has 0 spiro atoms. The molecule has 0 aliphatic rings. The summed E-state index contributed by atoms with van der Waals surface area (Å²) in [7, 11) is 0. The quantitative estimate of drug-likeness (QED) is 0.684. The van der Waals surface area contributed by atoms with E-state index < -0.39 is 0 Å². The van der Waals surface area contributed by atoms with E-state index in [0.29, 0.717) is 6.04 Å². The molecule has 1 N–H and O–H groups in total.